The predicted octanol–water partition coefficient (Wildman–Crippen LogP) is 4.56. The van der Waals surface area contributed by atoms with Crippen LogP contribution in [0.4, 0.5) is 11.4 Å². The van der Waals surface area contributed by atoms with Crippen molar-refractivity contribution < 1.29 is 13.2 Å². The van der Waals surface area contributed by atoms with Gasteiger partial charge < -0.3 is 19.5 Å². The quantitative estimate of drug-likeness (QED) is 0.450. The van der Waals surface area contributed by atoms with Crippen LogP contribution < -0.4 is 19.7 Å². The Labute approximate surface area is 211 Å². The van der Waals surface area contributed by atoms with E-state index in [1.54, 1.807) is 18.3 Å². The standard InChI is InChI=1S/C25H29N5O3S2/c1-33-22-11-10-19(15-21(22)28-35(2,31)32)30-24(17-12-14-29(16-17)18-7-3-4-8-18)23(27-25(30)34)20-9-5-6-13-26-20/h5-6,9-16,18,23-24,28H,3-4,7-8H2,1-2H3,(H,27,34)/t23-,24+/m1/s1. The Hall–Kier alpha value is -3.11. The third-order valence-electron chi connectivity index (χ3n) is 6.68. The summed E-state index contributed by atoms with van der Waals surface area (Å²) in [6, 6.07) is 13.6. The lowest BCUT2D eigenvalue weighted by Gasteiger charge is -2.28. The summed E-state index contributed by atoms with van der Waals surface area (Å²) < 4.78 is 34.2. The van der Waals surface area contributed by atoms with Gasteiger partial charge in [0.2, 0.25) is 10.0 Å². The van der Waals surface area contributed by atoms with Gasteiger partial charge in [-0.05, 0) is 67.0 Å². The van der Waals surface area contributed by atoms with Gasteiger partial charge in [0.1, 0.15) is 5.75 Å². The molecular weight excluding hydrogens is 482 g/mol. The van der Waals surface area contributed by atoms with Crippen LogP contribution in [-0.4, -0.2) is 36.4 Å². The predicted molar refractivity (Wildman–Crippen MR) is 141 cm³/mol. The van der Waals surface area contributed by atoms with Gasteiger partial charge in [0.15, 0.2) is 5.11 Å². The highest BCUT2D eigenvalue weighted by Gasteiger charge is 2.41. The number of aromatic nitrogens is 2. The van der Waals surface area contributed by atoms with E-state index in [1.165, 1.54) is 32.8 Å². The zero-order valence-electron chi connectivity index (χ0n) is 19.7. The highest BCUT2D eigenvalue weighted by Crippen LogP contribution is 2.44. The molecule has 3 aromatic rings. The molecule has 0 amide bonds. The molecule has 1 aromatic carbocycles. The summed E-state index contributed by atoms with van der Waals surface area (Å²) >= 11 is 5.82. The van der Waals surface area contributed by atoms with Gasteiger partial charge in [0, 0.05) is 30.3 Å². The number of ether oxygens (including phenoxy) is 1. The highest BCUT2D eigenvalue weighted by molar-refractivity contribution is 7.92. The summed E-state index contributed by atoms with van der Waals surface area (Å²) in [5, 5.41) is 4.01. The number of pyridine rings is 1. The molecule has 8 nitrogen and oxygen atoms in total. The summed E-state index contributed by atoms with van der Waals surface area (Å²) in [7, 11) is -1.99. The van der Waals surface area contributed by atoms with Crippen LogP contribution in [0.15, 0.2) is 61.1 Å². The van der Waals surface area contributed by atoms with Gasteiger partial charge in [0.05, 0.1) is 36.8 Å². The van der Waals surface area contributed by atoms with Crippen LogP contribution in [0, 0.1) is 0 Å². The minimum absolute atomic E-state index is 0.167. The molecule has 0 radical (unpaired) electrons. The van der Waals surface area contributed by atoms with Crippen LogP contribution in [0.3, 0.4) is 0 Å². The maximum absolute atomic E-state index is 12.0. The molecule has 2 aromatic heterocycles. The van der Waals surface area contributed by atoms with Crippen LogP contribution in [0.1, 0.15) is 55.1 Å². The van der Waals surface area contributed by atoms with Crippen molar-refractivity contribution in [2.75, 3.05) is 23.0 Å². The molecule has 10 heteroatoms. The zero-order chi connectivity index (χ0) is 24.6. The van der Waals surface area contributed by atoms with E-state index in [9.17, 15) is 8.42 Å². The topological polar surface area (TPSA) is 88.5 Å². The Morgan fingerprint density at radius 1 is 1.17 bits per heavy atom. The highest BCUT2D eigenvalue weighted by atomic mass is 32.2. The molecule has 0 unspecified atom stereocenters. The second kappa shape index (κ2) is 9.50. The molecule has 2 aliphatic rings. The molecule has 184 valence electrons. The lowest BCUT2D eigenvalue weighted by atomic mass is 9.98. The van der Waals surface area contributed by atoms with Crippen LogP contribution >= 0.6 is 12.2 Å². The van der Waals surface area contributed by atoms with Gasteiger partial charge in [0.25, 0.3) is 0 Å². The number of nitrogens with one attached hydrogen (secondary N) is 2. The molecule has 1 aliphatic carbocycles. The molecule has 2 N–H and O–H groups in total. The van der Waals surface area contributed by atoms with Crippen LogP contribution in [0.5, 0.6) is 5.75 Å². The number of hydrogen-bond acceptors (Lipinski definition) is 5. The van der Waals surface area contributed by atoms with Crippen LogP contribution in [-0.2, 0) is 10.0 Å². The second-order valence-electron chi connectivity index (χ2n) is 9.09. The number of benzene rings is 1. The maximum Gasteiger partial charge on any atom is 0.229 e. The van der Waals surface area contributed by atoms with E-state index in [1.807, 2.05) is 29.2 Å². The van der Waals surface area contributed by atoms with Crippen molar-refractivity contribution in [3.05, 3.63) is 72.3 Å². The number of nitrogens with zero attached hydrogens (tertiary/aromatic N) is 3. The summed E-state index contributed by atoms with van der Waals surface area (Å²) in [6.45, 7) is 0. The van der Waals surface area contributed by atoms with Crippen molar-refractivity contribution in [1.82, 2.24) is 14.9 Å². The lowest BCUT2D eigenvalue weighted by molar-refractivity contribution is 0.417. The summed E-state index contributed by atoms with van der Waals surface area (Å²) in [4.78, 5) is 6.65. The molecule has 1 saturated carbocycles. The average Bonchev–Trinajstić information content (AvgIpc) is 3.58. The van der Waals surface area contributed by atoms with Gasteiger partial charge >= 0.3 is 0 Å². The van der Waals surface area contributed by atoms with Crippen molar-refractivity contribution in [1.29, 1.82) is 0 Å². The summed E-state index contributed by atoms with van der Waals surface area (Å²) in [5.74, 6) is 0.433. The Balaban J connectivity index is 1.58. The third kappa shape index (κ3) is 4.85. The summed E-state index contributed by atoms with van der Waals surface area (Å²) in [5.41, 5.74) is 3.12. The lowest BCUT2D eigenvalue weighted by Crippen LogP contribution is -2.29. The molecule has 1 aliphatic heterocycles. The Morgan fingerprint density at radius 3 is 2.66 bits per heavy atom. The first-order valence-electron chi connectivity index (χ1n) is 11.7. The fraction of sp³-hybridized carbons (Fsp3) is 0.360. The van der Waals surface area contributed by atoms with Crippen molar-refractivity contribution >= 4 is 38.7 Å². The van der Waals surface area contributed by atoms with Gasteiger partial charge in [-0.3, -0.25) is 9.71 Å². The fourth-order valence-electron chi connectivity index (χ4n) is 5.13. The minimum atomic E-state index is -3.50. The molecule has 0 bridgehead atoms. The monoisotopic (exact) mass is 511 g/mol. The SMILES string of the molecule is COc1ccc(N2C(=S)N[C@H](c3ccccn3)[C@@H]2c2ccn(C3CCCC3)c2)cc1NS(C)(=O)=O. The molecule has 1 saturated heterocycles. The van der Waals surface area contributed by atoms with Crippen LogP contribution in [0.25, 0.3) is 0 Å². The molecule has 35 heavy (non-hydrogen) atoms. The average molecular weight is 512 g/mol. The maximum atomic E-state index is 12.0. The first-order valence-corrected chi connectivity index (χ1v) is 14.0. The minimum Gasteiger partial charge on any atom is -0.495 e. The number of thiocarbonyl (C=S) groups is 1. The zero-order valence-corrected chi connectivity index (χ0v) is 21.3. The Morgan fingerprint density at radius 2 is 1.97 bits per heavy atom. The number of sulfonamides is 1. The van der Waals surface area contributed by atoms with E-state index < -0.39 is 10.0 Å². The molecule has 0 spiro atoms. The van der Waals surface area contributed by atoms with E-state index in [4.69, 9.17) is 17.0 Å². The first-order chi connectivity index (χ1) is 16.8. The molecule has 2 fully saturated rings. The number of methoxy groups -OCH3 is 1. The van der Waals surface area contributed by atoms with Gasteiger partial charge in [-0.1, -0.05) is 18.9 Å². The van der Waals surface area contributed by atoms with Gasteiger partial charge in [-0.2, -0.15) is 0 Å². The van der Waals surface area contributed by atoms with Gasteiger partial charge in [-0.15, -0.1) is 0 Å². The number of anilines is 2. The fourth-order valence-corrected chi connectivity index (χ4v) is 6.04. The largest absolute Gasteiger partial charge is 0.495 e. The smallest absolute Gasteiger partial charge is 0.229 e. The summed E-state index contributed by atoms with van der Waals surface area (Å²) in [6.07, 6.45) is 12.2. The second-order valence-corrected chi connectivity index (χ2v) is 11.2. The van der Waals surface area contributed by atoms with E-state index in [0.29, 0.717) is 22.6 Å². The van der Waals surface area contributed by atoms with Crippen LogP contribution in [0.2, 0.25) is 0 Å². The van der Waals surface area contributed by atoms with Gasteiger partial charge in [-0.25, -0.2) is 8.42 Å². The van der Waals surface area contributed by atoms with E-state index in [0.717, 1.165) is 23.2 Å². The Bertz CT molecular complexity index is 1320. The van der Waals surface area contributed by atoms with Crippen molar-refractivity contribution in [2.24, 2.45) is 0 Å². The molecular formula is C25H29N5O3S2. The van der Waals surface area contributed by atoms with Crippen molar-refractivity contribution in [3.63, 3.8) is 0 Å². The van der Waals surface area contributed by atoms with Crippen molar-refractivity contribution in [2.45, 2.75) is 43.8 Å². The van der Waals surface area contributed by atoms with Crippen molar-refractivity contribution in [3.8, 4) is 5.75 Å². The van der Waals surface area contributed by atoms with E-state index >= 15 is 0 Å². The van der Waals surface area contributed by atoms with E-state index in [2.05, 4.69) is 38.1 Å². The molecule has 3 heterocycles. The molecule has 5 rings (SSSR count). The Kier molecular flexibility index (Phi) is 6.41. The molecule has 2 atom stereocenters. The van der Waals surface area contributed by atoms with E-state index in [-0.39, 0.29) is 12.1 Å². The number of rotatable bonds is 7. The normalized spacial score (nSPS) is 20.7. The third-order valence-corrected chi connectivity index (χ3v) is 7.59. The number of hydrogen-bond donors (Lipinski definition) is 2. The first kappa shape index (κ1) is 23.6.